The fourth-order valence-corrected chi connectivity index (χ4v) is 3.04. The molecule has 6 nitrogen and oxygen atoms in total. The maximum absolute atomic E-state index is 12.7. The number of hydrogen-bond acceptors (Lipinski definition) is 4. The number of rotatable bonds is 6. The third kappa shape index (κ3) is 3.50. The van der Waals surface area contributed by atoms with Crippen LogP contribution in [0.2, 0.25) is 0 Å². The number of amides is 1. The molecule has 0 spiro atoms. The molecule has 0 saturated carbocycles. The van der Waals surface area contributed by atoms with Gasteiger partial charge in [-0.15, -0.1) is 0 Å². The number of nitrogens with zero attached hydrogens (tertiary/aromatic N) is 3. The molecular formula is C16H27N3O3. The van der Waals surface area contributed by atoms with Crippen LogP contribution >= 0.6 is 0 Å². The van der Waals surface area contributed by atoms with Crippen molar-refractivity contribution in [2.75, 3.05) is 33.4 Å². The molecule has 2 rings (SSSR count). The van der Waals surface area contributed by atoms with Crippen molar-refractivity contribution in [1.82, 2.24) is 14.7 Å². The maximum Gasteiger partial charge on any atom is 0.257 e. The zero-order chi connectivity index (χ0) is 16.2. The Balaban J connectivity index is 2.08. The predicted octanol–water partition coefficient (Wildman–Crippen LogP) is 1.46. The standard InChI is InChI=1S/C16H27N3O3/c1-4-7-19-13(2)14(10-17-19)15(21)18(3)11-16(12-20)5-8-22-9-6-16/h10,20H,4-9,11-12H2,1-3H3. The number of aliphatic hydroxyl groups excluding tert-OH is 1. The predicted molar refractivity (Wildman–Crippen MR) is 83.8 cm³/mol. The lowest BCUT2D eigenvalue weighted by atomic mass is 9.80. The third-order valence-electron chi connectivity index (χ3n) is 4.58. The quantitative estimate of drug-likeness (QED) is 0.864. The van der Waals surface area contributed by atoms with Crippen molar-refractivity contribution in [3.63, 3.8) is 0 Å². The first-order chi connectivity index (χ1) is 10.5. The Morgan fingerprint density at radius 3 is 2.77 bits per heavy atom. The van der Waals surface area contributed by atoms with Gasteiger partial charge in [-0.1, -0.05) is 6.92 Å². The van der Waals surface area contributed by atoms with E-state index >= 15 is 0 Å². The SMILES string of the molecule is CCCn1ncc(C(=O)N(C)CC2(CO)CCOCC2)c1C. The van der Waals surface area contributed by atoms with Crippen LogP contribution in [0.15, 0.2) is 6.20 Å². The monoisotopic (exact) mass is 309 g/mol. The Morgan fingerprint density at radius 1 is 1.50 bits per heavy atom. The normalized spacial score (nSPS) is 17.5. The van der Waals surface area contributed by atoms with Gasteiger partial charge in [0, 0.05) is 44.5 Å². The first kappa shape index (κ1) is 17.0. The summed E-state index contributed by atoms with van der Waals surface area (Å²) in [7, 11) is 1.80. The Kier molecular flexibility index (Phi) is 5.58. The van der Waals surface area contributed by atoms with E-state index in [1.54, 1.807) is 18.1 Å². The zero-order valence-electron chi connectivity index (χ0n) is 13.8. The number of hydrogen-bond donors (Lipinski definition) is 1. The Hall–Kier alpha value is -1.40. The van der Waals surface area contributed by atoms with Crippen molar-refractivity contribution in [3.8, 4) is 0 Å². The topological polar surface area (TPSA) is 67.6 Å². The van der Waals surface area contributed by atoms with E-state index in [1.807, 2.05) is 11.6 Å². The number of carbonyl (C=O) groups is 1. The summed E-state index contributed by atoms with van der Waals surface area (Å²) in [5, 5.41) is 14.1. The molecule has 1 aromatic rings. The van der Waals surface area contributed by atoms with Crippen molar-refractivity contribution in [2.24, 2.45) is 5.41 Å². The number of aryl methyl sites for hydroxylation is 1. The summed E-state index contributed by atoms with van der Waals surface area (Å²) in [6.45, 7) is 6.77. The summed E-state index contributed by atoms with van der Waals surface area (Å²) in [6, 6.07) is 0. The van der Waals surface area contributed by atoms with Crippen LogP contribution in [0.1, 0.15) is 42.2 Å². The van der Waals surface area contributed by atoms with Gasteiger partial charge in [0.2, 0.25) is 0 Å². The van der Waals surface area contributed by atoms with Crippen LogP contribution in [0.3, 0.4) is 0 Å². The summed E-state index contributed by atoms with van der Waals surface area (Å²) < 4.78 is 7.25. The summed E-state index contributed by atoms with van der Waals surface area (Å²) in [5.74, 6) is -0.0285. The second-order valence-electron chi connectivity index (χ2n) is 6.30. The van der Waals surface area contributed by atoms with Crippen LogP contribution in [-0.4, -0.2) is 59.1 Å². The number of aliphatic hydroxyl groups is 1. The van der Waals surface area contributed by atoms with Gasteiger partial charge >= 0.3 is 0 Å². The third-order valence-corrected chi connectivity index (χ3v) is 4.58. The molecule has 1 fully saturated rings. The number of carbonyl (C=O) groups excluding carboxylic acids is 1. The van der Waals surface area contributed by atoms with Gasteiger partial charge < -0.3 is 14.7 Å². The van der Waals surface area contributed by atoms with E-state index in [-0.39, 0.29) is 17.9 Å². The average Bonchev–Trinajstić information content (AvgIpc) is 2.89. The van der Waals surface area contributed by atoms with E-state index in [4.69, 9.17) is 4.74 Å². The van der Waals surface area contributed by atoms with Gasteiger partial charge in [-0.05, 0) is 26.2 Å². The molecule has 1 saturated heterocycles. The summed E-state index contributed by atoms with van der Waals surface area (Å²) in [5.41, 5.74) is 1.32. The zero-order valence-corrected chi connectivity index (χ0v) is 13.8. The Bertz CT molecular complexity index is 507. The first-order valence-electron chi connectivity index (χ1n) is 7.99. The molecule has 1 aliphatic heterocycles. The molecule has 1 N–H and O–H groups in total. The van der Waals surface area contributed by atoms with E-state index in [0.717, 1.165) is 31.5 Å². The highest BCUT2D eigenvalue weighted by atomic mass is 16.5. The van der Waals surface area contributed by atoms with Crippen LogP contribution in [0.4, 0.5) is 0 Å². The number of aromatic nitrogens is 2. The van der Waals surface area contributed by atoms with Crippen molar-refractivity contribution >= 4 is 5.91 Å². The van der Waals surface area contributed by atoms with Crippen LogP contribution in [0, 0.1) is 12.3 Å². The highest BCUT2D eigenvalue weighted by Crippen LogP contribution is 2.31. The van der Waals surface area contributed by atoms with E-state index in [9.17, 15) is 9.90 Å². The second-order valence-corrected chi connectivity index (χ2v) is 6.30. The second kappa shape index (κ2) is 7.24. The summed E-state index contributed by atoms with van der Waals surface area (Å²) >= 11 is 0. The minimum Gasteiger partial charge on any atom is -0.396 e. The molecule has 0 bridgehead atoms. The molecule has 124 valence electrons. The molecular weight excluding hydrogens is 282 g/mol. The van der Waals surface area contributed by atoms with Gasteiger partial charge in [-0.2, -0.15) is 5.10 Å². The van der Waals surface area contributed by atoms with Crippen molar-refractivity contribution in [3.05, 3.63) is 17.5 Å². The van der Waals surface area contributed by atoms with Crippen molar-refractivity contribution in [2.45, 2.75) is 39.7 Å². The molecule has 6 heteroatoms. The minimum atomic E-state index is -0.240. The Labute approximate surface area is 132 Å². The summed E-state index contributed by atoms with van der Waals surface area (Å²) in [6.07, 6.45) is 4.21. The van der Waals surface area contributed by atoms with Gasteiger partial charge in [-0.3, -0.25) is 9.48 Å². The lowest BCUT2D eigenvalue weighted by Gasteiger charge is -2.38. The fourth-order valence-electron chi connectivity index (χ4n) is 3.04. The smallest absolute Gasteiger partial charge is 0.257 e. The van der Waals surface area contributed by atoms with Gasteiger partial charge in [-0.25, -0.2) is 0 Å². The van der Waals surface area contributed by atoms with E-state index in [0.29, 0.717) is 25.3 Å². The van der Waals surface area contributed by atoms with E-state index in [1.165, 1.54) is 0 Å². The van der Waals surface area contributed by atoms with Crippen molar-refractivity contribution < 1.29 is 14.6 Å². The molecule has 1 aliphatic rings. The highest BCUT2D eigenvalue weighted by molar-refractivity contribution is 5.94. The maximum atomic E-state index is 12.7. The molecule has 0 atom stereocenters. The van der Waals surface area contributed by atoms with Crippen LogP contribution < -0.4 is 0 Å². The van der Waals surface area contributed by atoms with Crippen LogP contribution in [-0.2, 0) is 11.3 Å². The van der Waals surface area contributed by atoms with Gasteiger partial charge in [0.1, 0.15) is 0 Å². The molecule has 1 aromatic heterocycles. The van der Waals surface area contributed by atoms with E-state index < -0.39 is 0 Å². The van der Waals surface area contributed by atoms with Crippen LogP contribution in [0.25, 0.3) is 0 Å². The summed E-state index contributed by atoms with van der Waals surface area (Å²) in [4.78, 5) is 14.4. The highest BCUT2D eigenvalue weighted by Gasteiger charge is 2.34. The minimum absolute atomic E-state index is 0.0285. The lowest BCUT2D eigenvalue weighted by Crippen LogP contribution is -2.44. The fraction of sp³-hybridized carbons (Fsp3) is 0.750. The van der Waals surface area contributed by atoms with Gasteiger partial charge in [0.15, 0.2) is 0 Å². The molecule has 2 heterocycles. The lowest BCUT2D eigenvalue weighted by molar-refractivity contribution is -0.0282. The molecule has 0 unspecified atom stereocenters. The van der Waals surface area contributed by atoms with Gasteiger partial charge in [0.25, 0.3) is 5.91 Å². The average molecular weight is 309 g/mol. The molecule has 1 amide bonds. The molecule has 0 radical (unpaired) electrons. The van der Waals surface area contributed by atoms with E-state index in [2.05, 4.69) is 12.0 Å². The molecule has 0 aliphatic carbocycles. The van der Waals surface area contributed by atoms with Crippen LogP contribution in [0.5, 0.6) is 0 Å². The molecule has 22 heavy (non-hydrogen) atoms. The van der Waals surface area contributed by atoms with Gasteiger partial charge in [0.05, 0.1) is 18.4 Å². The Morgan fingerprint density at radius 2 is 2.18 bits per heavy atom. The largest absolute Gasteiger partial charge is 0.396 e. The number of ether oxygens (including phenoxy) is 1. The van der Waals surface area contributed by atoms with Crippen molar-refractivity contribution in [1.29, 1.82) is 0 Å². The molecule has 0 aromatic carbocycles. The first-order valence-corrected chi connectivity index (χ1v) is 7.99.